The third-order valence-electron chi connectivity index (χ3n) is 6.71. The van der Waals surface area contributed by atoms with Crippen LogP contribution in [0.25, 0.3) is 22.3 Å². The van der Waals surface area contributed by atoms with Crippen LogP contribution < -0.4 is 0 Å². The zero-order valence-electron chi connectivity index (χ0n) is 19.2. The van der Waals surface area contributed by atoms with Crippen LogP contribution in [-0.4, -0.2) is 36.1 Å². The second-order valence-corrected chi connectivity index (χ2v) is 9.54. The summed E-state index contributed by atoms with van der Waals surface area (Å²) in [6.45, 7) is 4.62. The summed E-state index contributed by atoms with van der Waals surface area (Å²) in [4.78, 5) is 9.73. The molecule has 2 atom stereocenters. The summed E-state index contributed by atoms with van der Waals surface area (Å²) in [5.41, 5.74) is 2.40. The molecule has 0 unspecified atom stereocenters. The van der Waals surface area contributed by atoms with Gasteiger partial charge < -0.3 is 4.74 Å². The van der Waals surface area contributed by atoms with E-state index in [1.165, 1.54) is 25.0 Å². The lowest BCUT2D eigenvalue weighted by Crippen LogP contribution is -2.20. The van der Waals surface area contributed by atoms with E-state index in [1.54, 1.807) is 6.20 Å². The highest BCUT2D eigenvalue weighted by Gasteiger charge is 2.31. The minimum atomic E-state index is -0.652. The van der Waals surface area contributed by atoms with Gasteiger partial charge in [-0.1, -0.05) is 0 Å². The molecular formula is C25H26F2N6O. The van der Waals surface area contributed by atoms with E-state index in [2.05, 4.69) is 16.4 Å². The minimum Gasteiger partial charge on any atom is -0.373 e. The van der Waals surface area contributed by atoms with Gasteiger partial charge in [-0.05, 0) is 51.7 Å². The van der Waals surface area contributed by atoms with Gasteiger partial charge in [-0.25, -0.2) is 23.4 Å². The standard InChI is InChI=1S/C25H26F2N6O/c1-14(2)33-25-20(12-29-33)23(19-6-3-17(26)10-21(19)27)30-24(31-25)15-7-8-34-22(9-15)16-11-28-32(13-16)18-4-5-18/h3,6,10-15,18,22H,4-5,7-9H2,1-2H3/t15-,22+/m0/s1. The monoisotopic (exact) mass is 464 g/mol. The first kappa shape index (κ1) is 21.3. The van der Waals surface area contributed by atoms with E-state index in [9.17, 15) is 8.78 Å². The van der Waals surface area contributed by atoms with Gasteiger partial charge in [-0.15, -0.1) is 0 Å². The van der Waals surface area contributed by atoms with Crippen molar-refractivity contribution in [2.45, 2.75) is 63.6 Å². The molecule has 176 valence electrons. The molecule has 0 N–H and O–H groups in total. The smallest absolute Gasteiger partial charge is 0.162 e. The van der Waals surface area contributed by atoms with Crippen LogP contribution in [-0.2, 0) is 4.74 Å². The maximum absolute atomic E-state index is 14.8. The number of ether oxygens (including phenoxy) is 1. The van der Waals surface area contributed by atoms with Gasteiger partial charge >= 0.3 is 0 Å². The van der Waals surface area contributed by atoms with Gasteiger partial charge in [0.05, 0.1) is 35.6 Å². The topological polar surface area (TPSA) is 70.7 Å². The first-order valence-electron chi connectivity index (χ1n) is 11.8. The molecule has 0 radical (unpaired) electrons. The van der Waals surface area contributed by atoms with Gasteiger partial charge in [0.25, 0.3) is 0 Å². The molecule has 1 aliphatic carbocycles. The van der Waals surface area contributed by atoms with Crippen LogP contribution in [0.5, 0.6) is 0 Å². The Labute approximate surface area is 195 Å². The minimum absolute atomic E-state index is 0.0326. The summed E-state index contributed by atoms with van der Waals surface area (Å²) in [7, 11) is 0. The number of hydrogen-bond donors (Lipinski definition) is 0. The number of benzene rings is 1. The third-order valence-corrected chi connectivity index (χ3v) is 6.71. The zero-order chi connectivity index (χ0) is 23.4. The van der Waals surface area contributed by atoms with E-state index in [0.29, 0.717) is 41.6 Å². The molecule has 1 aliphatic heterocycles. The maximum atomic E-state index is 14.8. The van der Waals surface area contributed by atoms with Crippen molar-refractivity contribution in [1.82, 2.24) is 29.5 Å². The SMILES string of the molecule is CC(C)n1ncc2c(-c3ccc(F)cc3F)nc([C@H]3CCO[C@@H](c4cnn(C5CC5)c4)C3)nc21. The average Bonchev–Trinajstić information content (AvgIpc) is 3.38. The van der Waals surface area contributed by atoms with E-state index < -0.39 is 11.6 Å². The highest BCUT2D eigenvalue weighted by molar-refractivity contribution is 5.90. The number of fused-ring (bicyclic) bond motifs is 1. The average molecular weight is 465 g/mol. The molecule has 3 aromatic heterocycles. The molecule has 1 saturated heterocycles. The van der Waals surface area contributed by atoms with Crippen molar-refractivity contribution >= 4 is 11.0 Å². The highest BCUT2D eigenvalue weighted by atomic mass is 19.1. The van der Waals surface area contributed by atoms with E-state index in [-0.39, 0.29) is 23.6 Å². The second kappa shape index (κ2) is 8.23. The molecule has 1 saturated carbocycles. The molecule has 0 bridgehead atoms. The van der Waals surface area contributed by atoms with E-state index >= 15 is 0 Å². The fourth-order valence-corrected chi connectivity index (χ4v) is 4.71. The molecule has 0 amide bonds. The Balaban J connectivity index is 1.41. The Bertz CT molecular complexity index is 1360. The Morgan fingerprint density at radius 1 is 1.06 bits per heavy atom. The Morgan fingerprint density at radius 2 is 1.91 bits per heavy atom. The molecule has 1 aromatic carbocycles. The van der Waals surface area contributed by atoms with Gasteiger partial charge in [0, 0.05) is 42.0 Å². The zero-order valence-corrected chi connectivity index (χ0v) is 19.2. The van der Waals surface area contributed by atoms with Gasteiger partial charge in [0.2, 0.25) is 0 Å². The van der Waals surface area contributed by atoms with Crippen LogP contribution in [0.1, 0.15) is 75.0 Å². The maximum Gasteiger partial charge on any atom is 0.162 e. The Morgan fingerprint density at radius 3 is 2.68 bits per heavy atom. The first-order valence-corrected chi connectivity index (χ1v) is 11.8. The van der Waals surface area contributed by atoms with Gasteiger partial charge in [-0.2, -0.15) is 10.2 Å². The molecule has 2 fully saturated rings. The lowest BCUT2D eigenvalue weighted by molar-refractivity contribution is 0.00396. The van der Waals surface area contributed by atoms with Gasteiger partial charge in [-0.3, -0.25) is 4.68 Å². The van der Waals surface area contributed by atoms with Gasteiger partial charge in [0.1, 0.15) is 17.5 Å². The van der Waals surface area contributed by atoms with Crippen LogP contribution in [0, 0.1) is 11.6 Å². The molecule has 2 aliphatic rings. The normalized spacial score (nSPS) is 21.0. The summed E-state index contributed by atoms with van der Waals surface area (Å²) in [6, 6.07) is 4.16. The molecular weight excluding hydrogens is 438 g/mol. The van der Waals surface area contributed by atoms with Crippen molar-refractivity contribution in [3.8, 4) is 11.3 Å². The van der Waals surface area contributed by atoms with Crippen molar-refractivity contribution < 1.29 is 13.5 Å². The molecule has 4 aromatic rings. The quantitative estimate of drug-likeness (QED) is 0.389. The van der Waals surface area contributed by atoms with E-state index in [1.807, 2.05) is 29.4 Å². The summed E-state index contributed by atoms with van der Waals surface area (Å²) < 4.78 is 38.3. The van der Waals surface area contributed by atoms with Crippen LogP contribution in [0.3, 0.4) is 0 Å². The van der Waals surface area contributed by atoms with Crippen LogP contribution in [0.2, 0.25) is 0 Å². The first-order chi connectivity index (χ1) is 16.5. The summed E-state index contributed by atoms with van der Waals surface area (Å²) in [5, 5.41) is 9.64. The summed E-state index contributed by atoms with van der Waals surface area (Å²) >= 11 is 0. The predicted octanol–water partition coefficient (Wildman–Crippen LogP) is 5.52. The molecule has 34 heavy (non-hydrogen) atoms. The number of halogens is 2. The lowest BCUT2D eigenvalue weighted by atomic mass is 9.92. The molecule has 7 nitrogen and oxygen atoms in total. The Kier molecular flexibility index (Phi) is 5.17. The van der Waals surface area contributed by atoms with Crippen molar-refractivity contribution in [1.29, 1.82) is 0 Å². The summed E-state index contributed by atoms with van der Waals surface area (Å²) in [6.07, 6.45) is 9.38. The van der Waals surface area contributed by atoms with Crippen molar-refractivity contribution in [3.63, 3.8) is 0 Å². The van der Waals surface area contributed by atoms with Crippen LogP contribution >= 0.6 is 0 Å². The third kappa shape index (κ3) is 3.77. The van der Waals surface area contributed by atoms with Gasteiger partial charge in [0.15, 0.2) is 5.65 Å². The summed E-state index contributed by atoms with van der Waals surface area (Å²) in [5.74, 6) is -0.606. The van der Waals surface area contributed by atoms with Crippen molar-refractivity contribution in [2.75, 3.05) is 6.61 Å². The Hall–Kier alpha value is -3.20. The van der Waals surface area contributed by atoms with E-state index in [4.69, 9.17) is 14.7 Å². The van der Waals surface area contributed by atoms with Crippen molar-refractivity contribution in [3.05, 3.63) is 59.8 Å². The largest absolute Gasteiger partial charge is 0.373 e. The number of nitrogens with zero attached hydrogens (tertiary/aromatic N) is 6. The van der Waals surface area contributed by atoms with E-state index in [0.717, 1.165) is 18.1 Å². The molecule has 4 heterocycles. The van der Waals surface area contributed by atoms with Crippen LogP contribution in [0.4, 0.5) is 8.78 Å². The molecule has 6 rings (SSSR count). The second-order valence-electron chi connectivity index (χ2n) is 9.54. The molecule has 0 spiro atoms. The fraction of sp³-hybridized carbons (Fsp3) is 0.440. The fourth-order valence-electron chi connectivity index (χ4n) is 4.71. The number of aromatic nitrogens is 6. The lowest BCUT2D eigenvalue weighted by Gasteiger charge is -2.28. The highest BCUT2D eigenvalue weighted by Crippen LogP contribution is 2.40. The molecule has 9 heteroatoms. The van der Waals surface area contributed by atoms with Crippen molar-refractivity contribution in [2.24, 2.45) is 0 Å². The predicted molar refractivity (Wildman–Crippen MR) is 122 cm³/mol. The van der Waals surface area contributed by atoms with Crippen LogP contribution in [0.15, 0.2) is 36.8 Å². The number of hydrogen-bond acceptors (Lipinski definition) is 5. The number of rotatable bonds is 5.